The molecule has 6 heteroatoms. The molecule has 6 nitrogen and oxygen atoms in total. The Morgan fingerprint density at radius 2 is 1.74 bits per heavy atom. The summed E-state index contributed by atoms with van der Waals surface area (Å²) in [6.45, 7) is 3.42. The predicted octanol–water partition coefficient (Wildman–Crippen LogP) is 5.27. The number of aromatic hydroxyl groups is 1. The Labute approximate surface area is 179 Å². The van der Waals surface area contributed by atoms with Gasteiger partial charge in [0.15, 0.2) is 0 Å². The van der Waals surface area contributed by atoms with Crippen molar-refractivity contribution in [2.45, 2.75) is 32.2 Å². The van der Waals surface area contributed by atoms with Crippen molar-refractivity contribution in [2.75, 3.05) is 13.1 Å². The average Bonchev–Trinajstić information content (AvgIpc) is 3.15. The Morgan fingerprint density at radius 1 is 1.06 bits per heavy atom. The van der Waals surface area contributed by atoms with Crippen LogP contribution in [-0.4, -0.2) is 39.2 Å². The van der Waals surface area contributed by atoms with Crippen LogP contribution in [-0.2, 0) is 0 Å². The molecule has 1 saturated heterocycles. The third-order valence-electron chi connectivity index (χ3n) is 6.30. The van der Waals surface area contributed by atoms with Crippen LogP contribution >= 0.6 is 0 Å². The second kappa shape index (κ2) is 7.71. The van der Waals surface area contributed by atoms with E-state index in [2.05, 4.69) is 9.88 Å². The fraction of sp³-hybridized carbons (Fsp3) is 0.280. The minimum atomic E-state index is -1.06. The molecule has 31 heavy (non-hydrogen) atoms. The van der Waals surface area contributed by atoms with Gasteiger partial charge in [0.05, 0.1) is 6.04 Å². The number of carbonyl (C=O) groups is 1. The van der Waals surface area contributed by atoms with Crippen LogP contribution in [0.3, 0.4) is 0 Å². The van der Waals surface area contributed by atoms with Gasteiger partial charge < -0.3 is 14.6 Å². The molecule has 3 heterocycles. The molecular weight excluding hydrogens is 392 g/mol. The van der Waals surface area contributed by atoms with Crippen molar-refractivity contribution in [2.24, 2.45) is 0 Å². The minimum Gasteiger partial charge on any atom is -0.507 e. The molecule has 0 bridgehead atoms. The Morgan fingerprint density at radius 3 is 2.42 bits per heavy atom. The van der Waals surface area contributed by atoms with Gasteiger partial charge in [-0.2, -0.15) is 0 Å². The Bertz CT molecular complexity index is 1270. The van der Waals surface area contributed by atoms with Gasteiger partial charge in [-0.25, -0.2) is 4.79 Å². The summed E-state index contributed by atoms with van der Waals surface area (Å²) in [5.41, 5.74) is 2.19. The minimum absolute atomic E-state index is 0.110. The van der Waals surface area contributed by atoms with Gasteiger partial charge in [0.1, 0.15) is 22.7 Å². The van der Waals surface area contributed by atoms with Crippen LogP contribution in [0.2, 0.25) is 0 Å². The molecular formula is C25H24N2O4. The third kappa shape index (κ3) is 3.15. The van der Waals surface area contributed by atoms with E-state index < -0.39 is 5.97 Å². The van der Waals surface area contributed by atoms with Crippen LogP contribution in [0.1, 0.15) is 52.5 Å². The van der Waals surface area contributed by atoms with E-state index in [0.717, 1.165) is 31.5 Å². The number of aromatic carboxylic acids is 1. The zero-order valence-electron chi connectivity index (χ0n) is 17.3. The molecule has 158 valence electrons. The molecule has 0 aliphatic carbocycles. The SMILES string of the molecule is Cc1oc2c(c1C(=O)O)c(C(c1ccncc1)N1CCCCC1)c(O)c1ccccc12. The van der Waals surface area contributed by atoms with Crippen LogP contribution in [0.4, 0.5) is 0 Å². The van der Waals surface area contributed by atoms with Crippen LogP contribution in [0.5, 0.6) is 5.75 Å². The lowest BCUT2D eigenvalue weighted by Crippen LogP contribution is -2.34. The van der Waals surface area contributed by atoms with Crippen molar-refractivity contribution >= 4 is 27.7 Å². The second-order valence-electron chi connectivity index (χ2n) is 8.13. The second-order valence-corrected chi connectivity index (χ2v) is 8.13. The number of piperidine rings is 1. The zero-order valence-corrected chi connectivity index (χ0v) is 17.3. The summed E-state index contributed by atoms with van der Waals surface area (Å²) in [7, 11) is 0. The summed E-state index contributed by atoms with van der Waals surface area (Å²) in [5, 5.41) is 23.4. The van der Waals surface area contributed by atoms with E-state index in [4.69, 9.17) is 4.42 Å². The number of pyridine rings is 1. The fourth-order valence-corrected chi connectivity index (χ4v) is 4.95. The zero-order chi connectivity index (χ0) is 21.5. The summed E-state index contributed by atoms with van der Waals surface area (Å²) in [6, 6.07) is 11.0. The lowest BCUT2D eigenvalue weighted by molar-refractivity contribution is 0.0696. The average molecular weight is 416 g/mol. The lowest BCUT2D eigenvalue weighted by atomic mass is 9.88. The van der Waals surface area contributed by atoms with Crippen molar-refractivity contribution in [3.63, 3.8) is 0 Å². The first-order valence-electron chi connectivity index (χ1n) is 10.6. The highest BCUT2D eigenvalue weighted by Crippen LogP contribution is 2.47. The van der Waals surface area contributed by atoms with Crippen molar-refractivity contribution in [3.05, 3.63) is 71.2 Å². The van der Waals surface area contributed by atoms with Crippen LogP contribution in [0.15, 0.2) is 53.2 Å². The van der Waals surface area contributed by atoms with E-state index in [1.165, 1.54) is 6.42 Å². The number of hydrogen-bond donors (Lipinski definition) is 2. The van der Waals surface area contributed by atoms with Crippen molar-refractivity contribution < 1.29 is 19.4 Å². The van der Waals surface area contributed by atoms with E-state index in [0.29, 0.717) is 33.1 Å². The Kier molecular flexibility index (Phi) is 4.87. The summed E-state index contributed by atoms with van der Waals surface area (Å²) in [6.07, 6.45) is 6.77. The smallest absolute Gasteiger partial charge is 0.339 e. The summed E-state index contributed by atoms with van der Waals surface area (Å²) in [4.78, 5) is 18.8. The fourth-order valence-electron chi connectivity index (χ4n) is 4.95. The van der Waals surface area contributed by atoms with Gasteiger partial charge in [0, 0.05) is 34.1 Å². The van der Waals surface area contributed by atoms with E-state index >= 15 is 0 Å². The van der Waals surface area contributed by atoms with Crippen LogP contribution < -0.4 is 0 Å². The maximum absolute atomic E-state index is 12.3. The van der Waals surface area contributed by atoms with E-state index in [-0.39, 0.29) is 17.4 Å². The summed E-state index contributed by atoms with van der Waals surface area (Å²) in [5.74, 6) is -0.607. The van der Waals surface area contributed by atoms with Crippen molar-refractivity contribution in [3.8, 4) is 5.75 Å². The third-order valence-corrected chi connectivity index (χ3v) is 6.30. The molecule has 0 radical (unpaired) electrons. The molecule has 2 N–H and O–H groups in total. The predicted molar refractivity (Wildman–Crippen MR) is 119 cm³/mol. The first-order chi connectivity index (χ1) is 15.1. The highest BCUT2D eigenvalue weighted by molar-refractivity contribution is 6.16. The van der Waals surface area contributed by atoms with Gasteiger partial charge in [-0.15, -0.1) is 0 Å². The Balaban J connectivity index is 1.92. The van der Waals surface area contributed by atoms with Gasteiger partial charge in [-0.05, 0) is 50.6 Å². The highest BCUT2D eigenvalue weighted by Gasteiger charge is 2.33. The molecule has 1 atom stereocenters. The highest BCUT2D eigenvalue weighted by atomic mass is 16.4. The van der Waals surface area contributed by atoms with Gasteiger partial charge in [0.25, 0.3) is 0 Å². The van der Waals surface area contributed by atoms with Gasteiger partial charge >= 0.3 is 5.97 Å². The van der Waals surface area contributed by atoms with Gasteiger partial charge in [0.2, 0.25) is 0 Å². The topological polar surface area (TPSA) is 86.8 Å². The largest absolute Gasteiger partial charge is 0.507 e. The molecule has 4 aromatic rings. The molecule has 0 spiro atoms. The molecule has 2 aromatic heterocycles. The van der Waals surface area contributed by atoms with Gasteiger partial charge in [-0.3, -0.25) is 9.88 Å². The standard InChI is InChI=1S/C25H24N2O4/c1-15-19(25(29)30)20-21(23(28)17-7-3-4-8-18(17)24(20)31-15)22(16-9-11-26-12-10-16)27-13-5-2-6-14-27/h3-4,7-12,22,28H,2,5-6,13-14H2,1H3,(H,29,30). The van der Waals surface area contributed by atoms with Crippen molar-refractivity contribution in [1.29, 1.82) is 0 Å². The number of rotatable bonds is 4. The van der Waals surface area contributed by atoms with Crippen LogP contribution in [0, 0.1) is 6.92 Å². The van der Waals surface area contributed by atoms with Gasteiger partial charge in [-0.1, -0.05) is 30.7 Å². The maximum Gasteiger partial charge on any atom is 0.339 e. The maximum atomic E-state index is 12.3. The normalized spacial score (nSPS) is 16.0. The number of likely N-dealkylation sites (tertiary alicyclic amines) is 1. The number of carboxylic acid groups (broad SMARTS) is 1. The molecule has 1 aliphatic rings. The first-order valence-corrected chi connectivity index (χ1v) is 10.6. The summed E-state index contributed by atoms with van der Waals surface area (Å²) < 4.78 is 6.02. The number of furan rings is 1. The molecule has 0 saturated carbocycles. The molecule has 2 aromatic carbocycles. The number of phenols is 1. The molecule has 1 unspecified atom stereocenters. The van der Waals surface area contributed by atoms with E-state index in [1.807, 2.05) is 36.4 Å². The number of carboxylic acids is 1. The number of fused-ring (bicyclic) bond motifs is 3. The quantitative estimate of drug-likeness (QED) is 0.471. The number of aromatic nitrogens is 1. The van der Waals surface area contributed by atoms with Crippen molar-refractivity contribution in [1.82, 2.24) is 9.88 Å². The van der Waals surface area contributed by atoms with E-state index in [1.54, 1.807) is 19.3 Å². The first kappa shape index (κ1) is 19.6. The lowest BCUT2D eigenvalue weighted by Gasteiger charge is -2.36. The van der Waals surface area contributed by atoms with E-state index in [9.17, 15) is 15.0 Å². The molecule has 0 amide bonds. The summed E-state index contributed by atoms with van der Waals surface area (Å²) >= 11 is 0. The monoisotopic (exact) mass is 416 g/mol. The number of phenolic OH excluding ortho intramolecular Hbond substituents is 1. The van der Waals surface area contributed by atoms with Crippen LogP contribution in [0.25, 0.3) is 21.7 Å². The molecule has 1 fully saturated rings. The Hall–Kier alpha value is -3.38. The number of benzene rings is 2. The molecule has 5 rings (SSSR count). The number of hydrogen-bond acceptors (Lipinski definition) is 5. The number of nitrogens with zero attached hydrogens (tertiary/aromatic N) is 2. The molecule has 1 aliphatic heterocycles. The number of aryl methyl sites for hydroxylation is 1.